The number of imidazole rings is 1. The van der Waals surface area contributed by atoms with Crippen molar-refractivity contribution in [2.24, 2.45) is 4.99 Å². The zero-order chi connectivity index (χ0) is 48.5. The third-order valence-electron chi connectivity index (χ3n) is 12.1. The van der Waals surface area contributed by atoms with E-state index in [0.717, 1.165) is 11.9 Å². The molecule has 12 atom stereocenters. The number of hydrogen-bond acceptors (Lipinski definition) is 21. The van der Waals surface area contributed by atoms with Gasteiger partial charge in [0.25, 0.3) is 11.8 Å². The Morgan fingerprint density at radius 3 is 2.42 bits per heavy atom. The van der Waals surface area contributed by atoms with Gasteiger partial charge in [0.15, 0.2) is 29.1 Å². The van der Waals surface area contributed by atoms with Crippen LogP contribution in [-0.2, 0) is 32.0 Å². The number of anilines is 3. The highest BCUT2D eigenvalue weighted by Crippen LogP contribution is 2.61. The van der Waals surface area contributed by atoms with E-state index in [9.17, 15) is 63.9 Å². The van der Waals surface area contributed by atoms with Crippen LogP contribution < -0.4 is 26.2 Å². The van der Waals surface area contributed by atoms with E-state index < -0.39 is 114 Å². The average molecular weight is 977 g/mol. The number of nitrogens with one attached hydrogen (secondary N) is 2. The molecule has 2 aromatic heterocycles. The number of carbonyl (C=O) groups excluding carboxylic acids is 3. The highest BCUT2D eigenvalue weighted by atomic mass is 31.3. The predicted molar refractivity (Wildman–Crippen MR) is 229 cm³/mol. The maximum Gasteiger partial charge on any atom is 0.481 e. The molecule has 2 fully saturated rings. The van der Waals surface area contributed by atoms with E-state index in [1.54, 1.807) is 44.2 Å². The Balaban J connectivity index is 0.968. The summed E-state index contributed by atoms with van der Waals surface area (Å²) in [4.78, 5) is 79.5. The smallest absolute Gasteiger partial charge is 0.388 e. The molecular weight excluding hydrogens is 930 g/mol. The number of aliphatic hydroxyl groups is 6. The molecule has 27 nitrogen and oxygen atoms in total. The van der Waals surface area contributed by atoms with Crippen LogP contribution in [0.2, 0.25) is 0 Å². The fourth-order valence-electron chi connectivity index (χ4n) is 8.77. The van der Waals surface area contributed by atoms with E-state index in [4.69, 9.17) is 15.0 Å². The number of aromatic nitrogens is 4. The van der Waals surface area contributed by atoms with Gasteiger partial charge in [-0.3, -0.25) is 28.5 Å². The summed E-state index contributed by atoms with van der Waals surface area (Å²) in [7, 11) is -9.77. The van der Waals surface area contributed by atoms with Crippen molar-refractivity contribution in [3.05, 3.63) is 71.3 Å². The van der Waals surface area contributed by atoms with Gasteiger partial charge in [-0.25, -0.2) is 28.9 Å². The number of fused-ring (bicyclic) bond motifs is 3. The molecule has 0 radical (unpaired) electrons. The van der Waals surface area contributed by atoms with Gasteiger partial charge in [-0.2, -0.15) is 9.30 Å². The van der Waals surface area contributed by atoms with Crippen molar-refractivity contribution in [2.45, 2.75) is 80.8 Å². The SMILES string of the molecule is CNC(=O)c1cccc([C@@H]2C[C@@H](O)N3c4cc(C)c(C)cc4N(C[C@H](O)[C@H](O)[C@H](O)COP(=O)(O)OP(=O)(O)OC[C@H]4O[C@@H](n5cnc6c(N)ncnc65)[C@H](O)[C@@H]4O)C4=NC(=O)NC(=O)[C@@]423)c1. The highest BCUT2D eigenvalue weighted by molar-refractivity contribution is 7.61. The highest BCUT2D eigenvalue weighted by Gasteiger charge is 2.67. The van der Waals surface area contributed by atoms with Gasteiger partial charge in [-0.05, 0) is 54.8 Å². The van der Waals surface area contributed by atoms with Crippen LogP contribution in [0.25, 0.3) is 11.2 Å². The molecule has 1 spiro atoms. The number of amides is 4. The molecule has 4 amide bonds. The summed E-state index contributed by atoms with van der Waals surface area (Å²) in [5, 5.41) is 71.3. The number of aryl methyl sites for hydroxylation is 2. The number of nitrogens with zero attached hydrogens (tertiary/aromatic N) is 7. The second kappa shape index (κ2) is 17.9. The molecule has 29 heteroatoms. The van der Waals surface area contributed by atoms with Crippen molar-refractivity contribution >= 4 is 67.7 Å². The molecule has 2 saturated heterocycles. The topological polar surface area (TPSA) is 397 Å². The molecule has 2 unspecified atom stereocenters. The van der Waals surface area contributed by atoms with Crippen LogP contribution in [0.5, 0.6) is 0 Å². The van der Waals surface area contributed by atoms with Crippen LogP contribution in [0.1, 0.15) is 45.6 Å². The minimum absolute atomic E-state index is 0.0154. The van der Waals surface area contributed by atoms with Crippen molar-refractivity contribution < 1.29 is 82.0 Å². The fourth-order valence-corrected chi connectivity index (χ4v) is 10.9. The van der Waals surface area contributed by atoms with Crippen molar-refractivity contribution in [1.29, 1.82) is 0 Å². The van der Waals surface area contributed by atoms with Gasteiger partial charge in [-0.1, -0.05) is 12.1 Å². The number of amidine groups is 1. The molecule has 0 aliphatic carbocycles. The van der Waals surface area contributed by atoms with Crippen molar-refractivity contribution in [2.75, 3.05) is 42.3 Å². The number of urea groups is 1. The number of nitrogens with two attached hydrogens (primary N) is 1. The monoisotopic (exact) mass is 976 g/mol. The first-order valence-corrected chi connectivity index (χ1v) is 23.3. The summed E-state index contributed by atoms with van der Waals surface area (Å²) < 4.78 is 46.2. The molecule has 360 valence electrons. The zero-order valence-corrected chi connectivity index (χ0v) is 37.3. The Morgan fingerprint density at radius 1 is 1.00 bits per heavy atom. The zero-order valence-electron chi connectivity index (χ0n) is 35.5. The third-order valence-corrected chi connectivity index (χ3v) is 14.7. The molecule has 0 saturated carbocycles. The van der Waals surface area contributed by atoms with Gasteiger partial charge in [0.2, 0.25) is 0 Å². The first-order chi connectivity index (χ1) is 31.6. The lowest BCUT2D eigenvalue weighted by Crippen LogP contribution is -2.74. The molecule has 4 aliphatic rings. The van der Waals surface area contributed by atoms with E-state index in [1.165, 1.54) is 33.8 Å². The number of ether oxygens (including phenoxy) is 1. The number of phosphoric ester groups is 2. The summed E-state index contributed by atoms with van der Waals surface area (Å²) in [5.74, 6) is -2.58. The van der Waals surface area contributed by atoms with E-state index in [1.807, 2.05) is 0 Å². The molecular formula is C38H46N10O17P2. The van der Waals surface area contributed by atoms with Crippen LogP contribution in [0.3, 0.4) is 0 Å². The first kappa shape index (κ1) is 48.1. The standard InChI is InChI=1S/C38H46N10O17P2/c1-16-7-21-22(8-17(16)2)48-26(51)10-20(18-5-4-6-19(9-18)33(55)40-3)38(48)35(44-37(57)45-36(38)56)46(21)11-23(49)28(52)24(50)12-62-66(58,59)65-67(60,61)63-13-25-29(53)30(54)34(64-25)47-15-43-27-31(39)41-14-42-32(27)47/h4-9,14-15,20,23-26,28-30,34,49-54H,10-13H2,1-3H3,(H,40,55)(H,58,59)(H,60,61)(H2,39,41,42)(H,45,56,57)/t20-,23-,24+,25+,26+,28-,29+,30+,34+,38-/m0/s1. The van der Waals surface area contributed by atoms with Gasteiger partial charge in [0.1, 0.15) is 54.7 Å². The van der Waals surface area contributed by atoms with Crippen LogP contribution in [0.4, 0.5) is 22.0 Å². The summed E-state index contributed by atoms with van der Waals surface area (Å²) in [6, 6.07) is 8.52. The Labute approximate surface area is 378 Å². The van der Waals surface area contributed by atoms with Gasteiger partial charge >= 0.3 is 21.7 Å². The number of hydrogen-bond donors (Lipinski definition) is 11. The van der Waals surface area contributed by atoms with Crippen molar-refractivity contribution in [3.8, 4) is 0 Å². The lowest BCUT2D eigenvalue weighted by molar-refractivity contribution is -0.123. The number of benzene rings is 2. The van der Waals surface area contributed by atoms with Crippen LogP contribution in [-0.4, -0.2) is 159 Å². The summed E-state index contributed by atoms with van der Waals surface area (Å²) in [5.41, 5.74) is 6.61. The van der Waals surface area contributed by atoms with Crippen molar-refractivity contribution in [1.82, 2.24) is 30.2 Å². The Morgan fingerprint density at radius 2 is 1.70 bits per heavy atom. The van der Waals surface area contributed by atoms with Gasteiger partial charge in [0.05, 0.1) is 37.5 Å². The Kier molecular flexibility index (Phi) is 12.9. The summed E-state index contributed by atoms with van der Waals surface area (Å²) in [6.45, 7) is 0.534. The first-order valence-electron chi connectivity index (χ1n) is 20.4. The summed E-state index contributed by atoms with van der Waals surface area (Å²) in [6.07, 6.45) is -11.9. The second-order valence-corrected chi connectivity index (χ2v) is 19.2. The van der Waals surface area contributed by atoms with Crippen LogP contribution in [0.15, 0.2) is 54.0 Å². The third kappa shape index (κ3) is 8.61. The predicted octanol–water partition coefficient (Wildman–Crippen LogP) is -1.44. The number of imide groups is 1. The number of β-amino-alcohol motifs (C(OH)–C–C–N with tert-alkyl or cyclic N) is 1. The van der Waals surface area contributed by atoms with E-state index in [-0.39, 0.29) is 46.2 Å². The summed E-state index contributed by atoms with van der Waals surface area (Å²) >= 11 is 0. The second-order valence-electron chi connectivity index (χ2n) is 16.2. The fraction of sp³-hybridized carbons (Fsp3) is 0.447. The minimum Gasteiger partial charge on any atom is -0.388 e. The van der Waals surface area contributed by atoms with E-state index >= 15 is 0 Å². The number of aliphatic hydroxyl groups excluding tert-OH is 6. The van der Waals surface area contributed by atoms with Gasteiger partial charge in [0, 0.05) is 24.9 Å². The van der Waals surface area contributed by atoms with E-state index in [0.29, 0.717) is 11.1 Å². The lowest BCUT2D eigenvalue weighted by Gasteiger charge is -2.52. The molecule has 0 bridgehead atoms. The quantitative estimate of drug-likeness (QED) is 0.0608. The number of aliphatic imine (C=N–C) groups is 1. The number of carbonyl (C=O) groups is 3. The molecule has 2 aromatic carbocycles. The van der Waals surface area contributed by atoms with Crippen LogP contribution >= 0.6 is 15.6 Å². The maximum atomic E-state index is 14.4. The molecule has 8 rings (SSSR count). The normalized spacial score (nSPS) is 27.8. The van der Waals surface area contributed by atoms with E-state index in [2.05, 4.69) is 39.4 Å². The van der Waals surface area contributed by atoms with Gasteiger partial charge < -0.3 is 66.0 Å². The van der Waals surface area contributed by atoms with Crippen LogP contribution in [0, 0.1) is 13.8 Å². The number of nitrogen functional groups attached to an aromatic ring is 1. The molecule has 4 aromatic rings. The number of rotatable bonds is 15. The molecule has 4 aliphatic heterocycles. The number of phosphoric acid groups is 2. The minimum atomic E-state index is -5.65. The average Bonchev–Trinajstić information content (AvgIpc) is 3.94. The molecule has 67 heavy (non-hydrogen) atoms. The lowest BCUT2D eigenvalue weighted by atomic mass is 9.75. The largest absolute Gasteiger partial charge is 0.481 e. The maximum absolute atomic E-state index is 14.4. The van der Waals surface area contributed by atoms with Crippen molar-refractivity contribution in [3.63, 3.8) is 0 Å². The van der Waals surface area contributed by atoms with Gasteiger partial charge in [-0.15, -0.1) is 0 Å². The molecule has 12 N–H and O–H groups in total. The Hall–Kier alpha value is -5.35. The molecule has 6 heterocycles. The Bertz CT molecular complexity index is 2760.